The first-order valence-corrected chi connectivity index (χ1v) is 8.38. The van der Waals surface area contributed by atoms with Crippen molar-refractivity contribution >= 4 is 16.6 Å². The van der Waals surface area contributed by atoms with E-state index in [0.29, 0.717) is 0 Å². The summed E-state index contributed by atoms with van der Waals surface area (Å²) < 4.78 is 15.4. The van der Waals surface area contributed by atoms with E-state index in [2.05, 4.69) is 11.1 Å². The van der Waals surface area contributed by atoms with E-state index in [1.54, 1.807) is 12.1 Å². The van der Waals surface area contributed by atoms with Gasteiger partial charge in [0.05, 0.1) is 16.9 Å². The van der Waals surface area contributed by atoms with E-state index in [9.17, 15) is 4.39 Å². The summed E-state index contributed by atoms with van der Waals surface area (Å²) in [6, 6.07) is 22.5. The topological polar surface area (TPSA) is 30.2 Å². The van der Waals surface area contributed by atoms with Crippen LogP contribution >= 0.6 is 0 Å². The Morgan fingerprint density at radius 3 is 2.50 bits per heavy atom. The van der Waals surface area contributed by atoms with Crippen molar-refractivity contribution in [2.45, 2.75) is 0 Å². The van der Waals surface area contributed by atoms with Gasteiger partial charge < -0.3 is 0 Å². The van der Waals surface area contributed by atoms with Crippen molar-refractivity contribution in [1.82, 2.24) is 14.4 Å². The average molecular weight is 339 g/mol. The zero-order valence-electron chi connectivity index (χ0n) is 13.8. The Balaban J connectivity index is 1.82. The second-order valence-electron chi connectivity index (χ2n) is 6.16. The maximum absolute atomic E-state index is 13.4. The molecule has 124 valence electrons. The molecule has 0 saturated heterocycles. The Hall–Kier alpha value is -3.53. The van der Waals surface area contributed by atoms with Crippen LogP contribution in [0.15, 0.2) is 85.2 Å². The zero-order chi connectivity index (χ0) is 17.5. The summed E-state index contributed by atoms with van der Waals surface area (Å²) in [7, 11) is 0. The van der Waals surface area contributed by atoms with Gasteiger partial charge in [0.1, 0.15) is 11.5 Å². The van der Waals surface area contributed by atoms with Crippen LogP contribution in [0.5, 0.6) is 0 Å². The molecule has 0 fully saturated rings. The fourth-order valence-corrected chi connectivity index (χ4v) is 3.28. The molecular weight excluding hydrogens is 325 g/mol. The molecule has 3 heterocycles. The third kappa shape index (κ3) is 2.35. The van der Waals surface area contributed by atoms with Gasteiger partial charge in [0.2, 0.25) is 0 Å². The SMILES string of the molecule is Fc1ccc(-c2nc3ccccn3c2-c2cnc3ccccc3c2)cc1. The van der Waals surface area contributed by atoms with Crippen molar-refractivity contribution in [3.8, 4) is 22.5 Å². The Labute approximate surface area is 149 Å². The van der Waals surface area contributed by atoms with Crippen molar-refractivity contribution in [2.24, 2.45) is 0 Å². The summed E-state index contributed by atoms with van der Waals surface area (Å²) in [4.78, 5) is 9.37. The summed E-state index contributed by atoms with van der Waals surface area (Å²) in [5, 5.41) is 1.07. The van der Waals surface area contributed by atoms with Gasteiger partial charge in [-0.1, -0.05) is 24.3 Å². The summed E-state index contributed by atoms with van der Waals surface area (Å²) in [5.41, 5.74) is 5.40. The number of imidazole rings is 1. The van der Waals surface area contributed by atoms with Gasteiger partial charge in [-0.25, -0.2) is 9.37 Å². The van der Waals surface area contributed by atoms with E-state index in [1.165, 1.54) is 12.1 Å². The average Bonchev–Trinajstić information content (AvgIpc) is 3.07. The molecule has 5 aromatic rings. The molecular formula is C22H14FN3. The number of benzene rings is 2. The Morgan fingerprint density at radius 1 is 0.808 bits per heavy atom. The summed E-state index contributed by atoms with van der Waals surface area (Å²) >= 11 is 0. The summed E-state index contributed by atoms with van der Waals surface area (Å²) in [6.45, 7) is 0. The maximum Gasteiger partial charge on any atom is 0.137 e. The number of pyridine rings is 2. The summed E-state index contributed by atoms with van der Waals surface area (Å²) in [5.74, 6) is -0.258. The first-order chi connectivity index (χ1) is 12.8. The lowest BCUT2D eigenvalue weighted by atomic mass is 10.0. The van der Waals surface area contributed by atoms with E-state index >= 15 is 0 Å². The van der Waals surface area contributed by atoms with Gasteiger partial charge in [0.25, 0.3) is 0 Å². The zero-order valence-corrected chi connectivity index (χ0v) is 13.8. The van der Waals surface area contributed by atoms with E-state index < -0.39 is 0 Å². The molecule has 2 aromatic carbocycles. The number of fused-ring (bicyclic) bond motifs is 2. The third-order valence-corrected chi connectivity index (χ3v) is 4.51. The minimum atomic E-state index is -0.258. The molecule has 4 heteroatoms. The van der Waals surface area contributed by atoms with Crippen LogP contribution in [0.2, 0.25) is 0 Å². The Kier molecular flexibility index (Phi) is 3.28. The highest BCUT2D eigenvalue weighted by Crippen LogP contribution is 2.33. The highest BCUT2D eigenvalue weighted by Gasteiger charge is 2.16. The lowest BCUT2D eigenvalue weighted by molar-refractivity contribution is 0.628. The van der Waals surface area contributed by atoms with Gasteiger partial charge in [-0.2, -0.15) is 0 Å². The van der Waals surface area contributed by atoms with Gasteiger partial charge >= 0.3 is 0 Å². The van der Waals surface area contributed by atoms with Gasteiger partial charge in [0, 0.05) is 28.9 Å². The molecule has 0 amide bonds. The van der Waals surface area contributed by atoms with E-state index in [-0.39, 0.29) is 5.82 Å². The highest BCUT2D eigenvalue weighted by atomic mass is 19.1. The first kappa shape index (κ1) is 14.8. The predicted octanol–water partition coefficient (Wildman–Crippen LogP) is 5.36. The third-order valence-electron chi connectivity index (χ3n) is 4.51. The van der Waals surface area contributed by atoms with Crippen LogP contribution in [-0.2, 0) is 0 Å². The molecule has 26 heavy (non-hydrogen) atoms. The smallest absolute Gasteiger partial charge is 0.137 e. The molecule has 0 atom stereocenters. The maximum atomic E-state index is 13.4. The van der Waals surface area contributed by atoms with Crippen LogP contribution in [0.1, 0.15) is 0 Å². The van der Waals surface area contributed by atoms with Crippen LogP contribution < -0.4 is 0 Å². The van der Waals surface area contributed by atoms with Crippen molar-refractivity contribution in [3.63, 3.8) is 0 Å². The fraction of sp³-hybridized carbons (Fsp3) is 0. The number of halogens is 1. The highest BCUT2D eigenvalue weighted by molar-refractivity contribution is 5.88. The molecule has 0 aliphatic heterocycles. The van der Waals surface area contributed by atoms with Crippen molar-refractivity contribution in [3.05, 3.63) is 91.0 Å². The van der Waals surface area contributed by atoms with Crippen LogP contribution in [0.25, 0.3) is 39.1 Å². The molecule has 0 radical (unpaired) electrons. The number of nitrogens with zero attached hydrogens (tertiary/aromatic N) is 3. The quantitative estimate of drug-likeness (QED) is 0.434. The Morgan fingerprint density at radius 2 is 1.62 bits per heavy atom. The Bertz CT molecular complexity index is 1240. The first-order valence-electron chi connectivity index (χ1n) is 8.38. The largest absolute Gasteiger partial charge is 0.299 e. The van der Waals surface area contributed by atoms with Crippen LogP contribution in [0.3, 0.4) is 0 Å². The minimum Gasteiger partial charge on any atom is -0.299 e. The molecule has 5 rings (SSSR count). The number of rotatable bonds is 2. The van der Waals surface area contributed by atoms with Crippen LogP contribution in [-0.4, -0.2) is 14.4 Å². The van der Waals surface area contributed by atoms with Gasteiger partial charge in [0.15, 0.2) is 0 Å². The molecule has 0 N–H and O–H groups in total. The second kappa shape index (κ2) is 5.77. The fourth-order valence-electron chi connectivity index (χ4n) is 3.28. The standard InChI is InChI=1S/C22H14FN3/c23-18-10-8-15(9-11-18)21-22(26-12-4-3-7-20(26)25-21)17-13-16-5-1-2-6-19(16)24-14-17/h1-14H. The lowest BCUT2D eigenvalue weighted by Gasteiger charge is -2.07. The van der Waals surface area contributed by atoms with E-state index in [1.807, 2.05) is 59.3 Å². The molecule has 0 bridgehead atoms. The number of aromatic nitrogens is 3. The molecule has 3 nitrogen and oxygen atoms in total. The summed E-state index contributed by atoms with van der Waals surface area (Å²) in [6.07, 6.45) is 3.85. The van der Waals surface area contributed by atoms with E-state index in [0.717, 1.165) is 39.1 Å². The molecule has 0 aliphatic rings. The van der Waals surface area contributed by atoms with Crippen LogP contribution in [0.4, 0.5) is 4.39 Å². The van der Waals surface area contributed by atoms with E-state index in [4.69, 9.17) is 4.98 Å². The molecule has 0 unspecified atom stereocenters. The van der Waals surface area contributed by atoms with Crippen molar-refractivity contribution in [1.29, 1.82) is 0 Å². The van der Waals surface area contributed by atoms with Gasteiger partial charge in [-0.05, 0) is 48.5 Å². The van der Waals surface area contributed by atoms with Crippen molar-refractivity contribution < 1.29 is 4.39 Å². The van der Waals surface area contributed by atoms with Crippen LogP contribution in [0, 0.1) is 5.82 Å². The van der Waals surface area contributed by atoms with Gasteiger partial charge in [-0.15, -0.1) is 0 Å². The number of para-hydroxylation sites is 1. The monoisotopic (exact) mass is 339 g/mol. The minimum absolute atomic E-state index is 0.258. The number of hydrogen-bond donors (Lipinski definition) is 0. The molecule has 0 saturated carbocycles. The van der Waals surface area contributed by atoms with Crippen molar-refractivity contribution in [2.75, 3.05) is 0 Å². The molecule has 3 aromatic heterocycles. The second-order valence-corrected chi connectivity index (χ2v) is 6.16. The molecule has 0 aliphatic carbocycles. The lowest BCUT2D eigenvalue weighted by Crippen LogP contribution is -1.91. The van der Waals surface area contributed by atoms with Gasteiger partial charge in [-0.3, -0.25) is 9.38 Å². The normalized spacial score (nSPS) is 11.3. The number of hydrogen-bond acceptors (Lipinski definition) is 2. The molecule has 0 spiro atoms. The predicted molar refractivity (Wildman–Crippen MR) is 101 cm³/mol.